The summed E-state index contributed by atoms with van der Waals surface area (Å²) in [6.07, 6.45) is 2.02. The van der Waals surface area contributed by atoms with Gasteiger partial charge in [0.1, 0.15) is 25.0 Å². The Morgan fingerprint density at radius 2 is 1.54 bits per heavy atom. The van der Waals surface area contributed by atoms with Crippen LogP contribution in [0.15, 0.2) is 53.7 Å². The molecule has 1 aliphatic carbocycles. The van der Waals surface area contributed by atoms with Crippen LogP contribution in [0.25, 0.3) is 11.1 Å². The average molecular weight is 351 g/mol. The van der Waals surface area contributed by atoms with Gasteiger partial charge in [0, 0.05) is 11.1 Å². The first-order valence-corrected chi connectivity index (χ1v) is 9.63. The smallest absolute Gasteiger partial charge is 0.148 e. The van der Waals surface area contributed by atoms with Crippen molar-refractivity contribution in [2.75, 3.05) is 26.2 Å². The Bertz CT molecular complexity index is 747. The first-order chi connectivity index (χ1) is 12.7. The molecule has 0 radical (unpaired) electrons. The highest BCUT2D eigenvalue weighted by Crippen LogP contribution is 2.36. The second-order valence-electron chi connectivity index (χ2n) is 7.62. The van der Waals surface area contributed by atoms with Crippen LogP contribution >= 0.6 is 0 Å². The van der Waals surface area contributed by atoms with Crippen LogP contribution in [-0.4, -0.2) is 43.2 Å². The summed E-state index contributed by atoms with van der Waals surface area (Å²) in [6.45, 7) is 5.59. The summed E-state index contributed by atoms with van der Waals surface area (Å²) in [5.74, 6) is 0.820. The van der Waals surface area contributed by atoms with Crippen LogP contribution < -0.4 is 4.90 Å². The SMILES string of the molecule is CC1CC[NH+](C[C@H](O)CON=C2c3ccccc3-c3ccccc32)CC1. The number of aliphatic hydroxyl groups excluding tert-OH is 1. The maximum absolute atomic E-state index is 10.3. The number of benzene rings is 2. The van der Waals surface area contributed by atoms with Crippen molar-refractivity contribution in [3.05, 3.63) is 59.7 Å². The van der Waals surface area contributed by atoms with E-state index in [0.29, 0.717) is 0 Å². The predicted octanol–water partition coefficient (Wildman–Crippen LogP) is 2.11. The Hall–Kier alpha value is -2.17. The summed E-state index contributed by atoms with van der Waals surface area (Å²) in [7, 11) is 0. The van der Waals surface area contributed by atoms with Crippen LogP contribution in [0.1, 0.15) is 30.9 Å². The minimum atomic E-state index is -0.477. The molecule has 1 fully saturated rings. The number of nitrogens with one attached hydrogen (secondary N) is 1. The molecular formula is C22H27N2O2+. The van der Waals surface area contributed by atoms with Gasteiger partial charge in [-0.25, -0.2) is 0 Å². The van der Waals surface area contributed by atoms with Gasteiger partial charge in [0.05, 0.1) is 13.1 Å². The van der Waals surface area contributed by atoms with Crippen molar-refractivity contribution in [1.29, 1.82) is 0 Å². The topological polar surface area (TPSA) is 46.3 Å². The van der Waals surface area contributed by atoms with Crippen LogP contribution in [0.3, 0.4) is 0 Å². The highest BCUT2D eigenvalue weighted by Gasteiger charge is 2.25. The zero-order valence-electron chi connectivity index (χ0n) is 15.3. The van der Waals surface area contributed by atoms with Crippen LogP contribution in [0.2, 0.25) is 0 Å². The highest BCUT2D eigenvalue weighted by atomic mass is 16.6. The predicted molar refractivity (Wildman–Crippen MR) is 103 cm³/mol. The summed E-state index contributed by atoms with van der Waals surface area (Å²) in [5, 5.41) is 14.7. The van der Waals surface area contributed by atoms with E-state index in [0.717, 1.165) is 42.4 Å². The van der Waals surface area contributed by atoms with Gasteiger partial charge in [-0.1, -0.05) is 60.6 Å². The second-order valence-corrected chi connectivity index (χ2v) is 7.62. The summed E-state index contributed by atoms with van der Waals surface area (Å²) < 4.78 is 0. The van der Waals surface area contributed by atoms with E-state index >= 15 is 0 Å². The van der Waals surface area contributed by atoms with Crippen molar-refractivity contribution in [3.63, 3.8) is 0 Å². The number of rotatable bonds is 5. The van der Waals surface area contributed by atoms with Gasteiger partial charge in [0.25, 0.3) is 0 Å². The zero-order chi connectivity index (χ0) is 17.9. The molecule has 0 unspecified atom stereocenters. The Kier molecular flexibility index (Phi) is 5.05. The van der Waals surface area contributed by atoms with Gasteiger partial charge in [-0.2, -0.15) is 0 Å². The summed E-state index contributed by atoms with van der Waals surface area (Å²) in [6, 6.07) is 16.5. The second kappa shape index (κ2) is 7.60. The van der Waals surface area contributed by atoms with E-state index in [1.165, 1.54) is 28.9 Å². The van der Waals surface area contributed by atoms with Crippen molar-refractivity contribution >= 4 is 5.71 Å². The zero-order valence-corrected chi connectivity index (χ0v) is 15.3. The molecule has 26 heavy (non-hydrogen) atoms. The molecule has 1 aliphatic heterocycles. The van der Waals surface area contributed by atoms with Crippen LogP contribution in [-0.2, 0) is 4.84 Å². The normalized spacial score (nSPS) is 22.5. The monoisotopic (exact) mass is 351 g/mol. The summed E-state index contributed by atoms with van der Waals surface area (Å²) in [4.78, 5) is 7.06. The lowest BCUT2D eigenvalue weighted by Gasteiger charge is -2.28. The van der Waals surface area contributed by atoms with E-state index in [1.807, 2.05) is 24.3 Å². The third-order valence-electron chi connectivity index (χ3n) is 5.58. The Labute approximate surface area is 155 Å². The molecule has 4 nitrogen and oxygen atoms in total. The van der Waals surface area contributed by atoms with Crippen molar-refractivity contribution in [2.45, 2.75) is 25.9 Å². The number of hydrogen-bond donors (Lipinski definition) is 2. The molecule has 136 valence electrons. The van der Waals surface area contributed by atoms with E-state index in [1.54, 1.807) is 0 Å². The molecule has 0 bridgehead atoms. The van der Waals surface area contributed by atoms with Crippen LogP contribution in [0.4, 0.5) is 0 Å². The standard InChI is InChI=1S/C22H26N2O2/c1-16-10-12-24(13-11-16)14-17(25)15-26-23-22-20-8-4-2-6-18(20)19-7-3-5-9-21(19)22/h2-9,16-17,25H,10-15H2,1H3/p+1/t17-/m0/s1. The molecule has 1 atom stereocenters. The van der Waals surface area contributed by atoms with E-state index in [-0.39, 0.29) is 6.61 Å². The molecule has 0 amide bonds. The lowest BCUT2D eigenvalue weighted by Crippen LogP contribution is -3.14. The Morgan fingerprint density at radius 3 is 2.12 bits per heavy atom. The third kappa shape index (κ3) is 3.53. The largest absolute Gasteiger partial charge is 0.392 e. The quantitative estimate of drug-likeness (QED) is 0.692. The van der Waals surface area contributed by atoms with Crippen molar-refractivity contribution < 1.29 is 14.8 Å². The lowest BCUT2D eigenvalue weighted by atomic mass is 9.99. The van der Waals surface area contributed by atoms with E-state index in [4.69, 9.17) is 4.84 Å². The van der Waals surface area contributed by atoms with Gasteiger partial charge >= 0.3 is 0 Å². The average Bonchev–Trinajstić information content (AvgIpc) is 2.98. The fourth-order valence-corrected chi connectivity index (χ4v) is 4.05. The van der Waals surface area contributed by atoms with E-state index in [9.17, 15) is 5.11 Å². The number of aliphatic hydroxyl groups is 1. The fourth-order valence-electron chi connectivity index (χ4n) is 4.05. The molecule has 1 heterocycles. The Morgan fingerprint density at radius 1 is 1.00 bits per heavy atom. The van der Waals surface area contributed by atoms with Gasteiger partial charge in [0.2, 0.25) is 0 Å². The maximum Gasteiger partial charge on any atom is 0.148 e. The van der Waals surface area contributed by atoms with E-state index in [2.05, 4.69) is 36.3 Å². The van der Waals surface area contributed by atoms with Gasteiger partial charge < -0.3 is 14.8 Å². The molecule has 2 N–H and O–H groups in total. The maximum atomic E-state index is 10.3. The van der Waals surface area contributed by atoms with Gasteiger partial charge in [-0.05, 0) is 29.9 Å². The highest BCUT2D eigenvalue weighted by molar-refractivity contribution is 6.24. The third-order valence-corrected chi connectivity index (χ3v) is 5.58. The van der Waals surface area contributed by atoms with Gasteiger partial charge in [-0.3, -0.25) is 0 Å². The fraction of sp³-hybridized carbons (Fsp3) is 0.409. The number of quaternary nitrogens is 1. The minimum Gasteiger partial charge on any atom is -0.392 e. The van der Waals surface area contributed by atoms with Crippen LogP contribution in [0, 0.1) is 5.92 Å². The summed E-state index contributed by atoms with van der Waals surface area (Å²) in [5.41, 5.74) is 5.44. The first-order valence-electron chi connectivity index (χ1n) is 9.63. The van der Waals surface area contributed by atoms with Gasteiger partial charge in [0.15, 0.2) is 0 Å². The molecule has 2 aromatic rings. The molecule has 0 aromatic heterocycles. The molecule has 4 heteroatoms. The van der Waals surface area contributed by atoms with Crippen molar-refractivity contribution in [1.82, 2.24) is 0 Å². The number of nitrogens with zero attached hydrogens (tertiary/aromatic N) is 1. The molecule has 2 aromatic carbocycles. The van der Waals surface area contributed by atoms with E-state index < -0.39 is 6.10 Å². The number of hydrogen-bond acceptors (Lipinski definition) is 3. The molecule has 0 saturated carbocycles. The number of piperidine rings is 1. The minimum absolute atomic E-state index is 0.243. The number of likely N-dealkylation sites (tertiary alicyclic amines) is 1. The number of fused-ring (bicyclic) bond motifs is 3. The summed E-state index contributed by atoms with van der Waals surface area (Å²) >= 11 is 0. The van der Waals surface area contributed by atoms with Gasteiger partial charge in [-0.15, -0.1) is 0 Å². The van der Waals surface area contributed by atoms with Crippen LogP contribution in [0.5, 0.6) is 0 Å². The molecule has 1 saturated heterocycles. The van der Waals surface area contributed by atoms with Crippen molar-refractivity contribution in [2.24, 2.45) is 11.1 Å². The van der Waals surface area contributed by atoms with Crippen molar-refractivity contribution in [3.8, 4) is 11.1 Å². The Balaban J connectivity index is 1.41. The molecule has 2 aliphatic rings. The lowest BCUT2D eigenvalue weighted by molar-refractivity contribution is -0.909. The molecular weight excluding hydrogens is 324 g/mol. The molecule has 4 rings (SSSR count). The first kappa shape index (κ1) is 17.3. The number of oxime groups is 1. The molecule has 0 spiro atoms.